The Morgan fingerprint density at radius 2 is 1.92 bits per heavy atom. The first kappa shape index (κ1) is 18.5. The van der Waals surface area contributed by atoms with Gasteiger partial charge in [-0.3, -0.25) is 10.1 Å². The van der Waals surface area contributed by atoms with Crippen molar-refractivity contribution in [1.82, 2.24) is 14.5 Å². The molecule has 1 N–H and O–H groups in total. The lowest BCUT2D eigenvalue weighted by molar-refractivity contribution is -0.121. The fourth-order valence-electron chi connectivity index (χ4n) is 3.01. The summed E-state index contributed by atoms with van der Waals surface area (Å²) < 4.78 is 30.0. The summed E-state index contributed by atoms with van der Waals surface area (Å²) in [6, 6.07) is 5.98. The fraction of sp³-hybridized carbons (Fsp3) is 0.471. The Bertz CT molecular complexity index is 915. The summed E-state index contributed by atoms with van der Waals surface area (Å²) in [4.78, 5) is 12.4. The molecule has 0 unspecified atom stereocenters. The molecule has 1 aromatic heterocycles. The molecule has 0 saturated carbocycles. The molecule has 0 spiro atoms. The molecule has 1 amide bonds. The fourth-order valence-corrected chi connectivity index (χ4v) is 3.88. The Morgan fingerprint density at radius 1 is 1.23 bits per heavy atom. The molecule has 0 aliphatic carbocycles. The predicted octanol–water partition coefficient (Wildman–Crippen LogP) is 1.96. The first-order valence-electron chi connectivity index (χ1n) is 8.41. The van der Waals surface area contributed by atoms with E-state index in [2.05, 4.69) is 15.5 Å². The van der Waals surface area contributed by atoms with Gasteiger partial charge in [-0.25, -0.2) is 12.7 Å². The van der Waals surface area contributed by atoms with Crippen molar-refractivity contribution in [3.8, 4) is 11.5 Å². The molecule has 1 aromatic carbocycles. The number of anilines is 1. The number of amides is 1. The number of aromatic nitrogens is 2. The Labute approximate surface area is 152 Å². The van der Waals surface area contributed by atoms with Gasteiger partial charge in [0.15, 0.2) is 0 Å². The second-order valence-corrected chi connectivity index (χ2v) is 8.64. The van der Waals surface area contributed by atoms with Gasteiger partial charge in [0.25, 0.3) is 0 Å². The van der Waals surface area contributed by atoms with Crippen LogP contribution in [-0.2, 0) is 14.8 Å². The molecule has 8 nitrogen and oxygen atoms in total. The van der Waals surface area contributed by atoms with Gasteiger partial charge in [-0.15, -0.1) is 5.10 Å². The van der Waals surface area contributed by atoms with Crippen LogP contribution in [-0.4, -0.2) is 48.2 Å². The van der Waals surface area contributed by atoms with Crippen LogP contribution in [0.15, 0.2) is 22.6 Å². The smallest absolute Gasteiger partial charge is 0.322 e. The van der Waals surface area contributed by atoms with Gasteiger partial charge in [0.2, 0.25) is 21.8 Å². The molecule has 1 aliphatic rings. The van der Waals surface area contributed by atoms with Crippen molar-refractivity contribution in [2.24, 2.45) is 5.92 Å². The first-order chi connectivity index (χ1) is 12.2. The molecule has 1 aliphatic heterocycles. The number of hydrogen-bond donors (Lipinski definition) is 1. The monoisotopic (exact) mass is 378 g/mol. The average Bonchev–Trinajstić information content (AvgIpc) is 3.04. The van der Waals surface area contributed by atoms with Crippen LogP contribution in [0.5, 0.6) is 0 Å². The molecule has 0 atom stereocenters. The van der Waals surface area contributed by atoms with Crippen LogP contribution >= 0.6 is 0 Å². The van der Waals surface area contributed by atoms with Crippen LogP contribution in [0.4, 0.5) is 6.01 Å². The summed E-state index contributed by atoms with van der Waals surface area (Å²) in [7, 11) is -3.21. The van der Waals surface area contributed by atoms with Gasteiger partial charge in [-0.1, -0.05) is 22.8 Å². The summed E-state index contributed by atoms with van der Waals surface area (Å²) in [5, 5.41) is 10.6. The standard InChI is InChI=1S/C17H22N4O4S/c1-11-4-5-12(2)14(10-11)16-19-20-17(25-16)18-15(22)13-6-8-21(9-7-13)26(3,23)24/h4-5,10,13H,6-9H2,1-3H3,(H,18,20,22). The molecular formula is C17H22N4O4S. The maximum Gasteiger partial charge on any atom is 0.322 e. The molecule has 2 aromatic rings. The van der Waals surface area contributed by atoms with E-state index in [1.165, 1.54) is 10.6 Å². The number of nitrogens with one attached hydrogen (secondary N) is 1. The van der Waals surface area contributed by atoms with E-state index in [1.54, 1.807) is 0 Å². The number of piperidine rings is 1. The van der Waals surface area contributed by atoms with E-state index in [4.69, 9.17) is 4.42 Å². The lowest BCUT2D eigenvalue weighted by atomic mass is 9.97. The van der Waals surface area contributed by atoms with Crippen molar-refractivity contribution in [2.45, 2.75) is 26.7 Å². The van der Waals surface area contributed by atoms with E-state index in [0.29, 0.717) is 31.8 Å². The zero-order valence-corrected chi connectivity index (χ0v) is 15.8. The zero-order valence-electron chi connectivity index (χ0n) is 15.0. The van der Waals surface area contributed by atoms with E-state index in [0.717, 1.165) is 16.7 Å². The lowest BCUT2D eigenvalue weighted by Crippen LogP contribution is -2.40. The Balaban J connectivity index is 1.64. The molecule has 1 fully saturated rings. The highest BCUT2D eigenvalue weighted by molar-refractivity contribution is 7.88. The van der Waals surface area contributed by atoms with Crippen molar-refractivity contribution in [1.29, 1.82) is 0 Å². The summed E-state index contributed by atoms with van der Waals surface area (Å²) in [5.74, 6) is -0.147. The molecule has 2 heterocycles. The van der Waals surface area contributed by atoms with Gasteiger partial charge in [-0.2, -0.15) is 0 Å². The first-order valence-corrected chi connectivity index (χ1v) is 10.3. The minimum Gasteiger partial charge on any atom is -0.403 e. The number of nitrogens with zero attached hydrogens (tertiary/aromatic N) is 3. The van der Waals surface area contributed by atoms with Gasteiger partial charge in [0, 0.05) is 24.6 Å². The van der Waals surface area contributed by atoms with Gasteiger partial charge in [0.05, 0.1) is 6.26 Å². The van der Waals surface area contributed by atoms with Crippen LogP contribution in [0, 0.1) is 19.8 Å². The predicted molar refractivity (Wildman–Crippen MR) is 97.0 cm³/mol. The molecule has 3 rings (SSSR count). The van der Waals surface area contributed by atoms with Crippen LogP contribution < -0.4 is 5.32 Å². The van der Waals surface area contributed by atoms with E-state index in [-0.39, 0.29) is 17.8 Å². The third kappa shape index (κ3) is 4.10. The highest BCUT2D eigenvalue weighted by Crippen LogP contribution is 2.25. The number of hydrogen-bond acceptors (Lipinski definition) is 6. The number of benzene rings is 1. The van der Waals surface area contributed by atoms with Crippen LogP contribution in [0.1, 0.15) is 24.0 Å². The van der Waals surface area contributed by atoms with Crippen LogP contribution in [0.25, 0.3) is 11.5 Å². The van der Waals surface area contributed by atoms with Gasteiger partial charge < -0.3 is 4.42 Å². The van der Waals surface area contributed by atoms with Crippen molar-refractivity contribution in [2.75, 3.05) is 24.7 Å². The third-order valence-corrected chi connectivity index (χ3v) is 5.88. The van der Waals surface area contributed by atoms with Gasteiger partial charge >= 0.3 is 6.01 Å². The highest BCUT2D eigenvalue weighted by Gasteiger charge is 2.29. The van der Waals surface area contributed by atoms with E-state index >= 15 is 0 Å². The zero-order chi connectivity index (χ0) is 18.9. The SMILES string of the molecule is Cc1ccc(C)c(-c2nnc(NC(=O)C3CCN(S(C)(=O)=O)CC3)o2)c1. The molecule has 140 valence electrons. The van der Waals surface area contributed by atoms with Crippen LogP contribution in [0.3, 0.4) is 0 Å². The summed E-state index contributed by atoms with van der Waals surface area (Å²) in [6.07, 6.45) is 2.12. The Hall–Kier alpha value is -2.26. The Kier molecular flexibility index (Phi) is 5.10. The summed E-state index contributed by atoms with van der Waals surface area (Å²) in [5.41, 5.74) is 2.91. The third-order valence-electron chi connectivity index (χ3n) is 4.57. The molecule has 0 radical (unpaired) electrons. The largest absolute Gasteiger partial charge is 0.403 e. The number of carbonyl (C=O) groups excluding carboxylic acids is 1. The molecular weight excluding hydrogens is 356 g/mol. The second-order valence-electron chi connectivity index (χ2n) is 6.66. The Morgan fingerprint density at radius 3 is 2.58 bits per heavy atom. The summed E-state index contributed by atoms with van der Waals surface area (Å²) >= 11 is 0. The summed E-state index contributed by atoms with van der Waals surface area (Å²) in [6.45, 7) is 4.61. The van der Waals surface area contributed by atoms with Crippen molar-refractivity contribution in [3.63, 3.8) is 0 Å². The van der Waals surface area contributed by atoms with Crippen molar-refractivity contribution >= 4 is 21.9 Å². The van der Waals surface area contributed by atoms with Crippen molar-refractivity contribution < 1.29 is 17.6 Å². The normalized spacial score (nSPS) is 16.6. The second kappa shape index (κ2) is 7.16. The number of sulfonamides is 1. The maximum absolute atomic E-state index is 12.4. The lowest BCUT2D eigenvalue weighted by Gasteiger charge is -2.29. The van der Waals surface area contributed by atoms with E-state index in [9.17, 15) is 13.2 Å². The number of rotatable bonds is 4. The molecule has 9 heteroatoms. The van der Waals surface area contributed by atoms with Crippen LogP contribution in [0.2, 0.25) is 0 Å². The quantitative estimate of drug-likeness (QED) is 0.872. The minimum absolute atomic E-state index is 0.0523. The number of aryl methyl sites for hydroxylation is 2. The van der Waals surface area contributed by atoms with Crippen molar-refractivity contribution in [3.05, 3.63) is 29.3 Å². The topological polar surface area (TPSA) is 105 Å². The number of carbonyl (C=O) groups is 1. The maximum atomic E-state index is 12.4. The van der Waals surface area contributed by atoms with E-state index in [1.807, 2.05) is 32.0 Å². The highest BCUT2D eigenvalue weighted by atomic mass is 32.2. The average molecular weight is 378 g/mol. The molecule has 0 bridgehead atoms. The van der Waals surface area contributed by atoms with Gasteiger partial charge in [0.1, 0.15) is 0 Å². The molecule has 1 saturated heterocycles. The van der Waals surface area contributed by atoms with E-state index < -0.39 is 10.0 Å². The molecule has 26 heavy (non-hydrogen) atoms. The van der Waals surface area contributed by atoms with Gasteiger partial charge in [-0.05, 0) is 38.3 Å². The minimum atomic E-state index is -3.21.